The molecule has 3 rings (SSSR count). The van der Waals surface area contributed by atoms with Crippen molar-refractivity contribution in [1.29, 1.82) is 0 Å². The van der Waals surface area contributed by atoms with Crippen LogP contribution in [-0.2, 0) is 0 Å². The van der Waals surface area contributed by atoms with Crippen molar-refractivity contribution in [3.63, 3.8) is 0 Å². The normalized spacial score (nSPS) is 26.7. The third-order valence-electron chi connectivity index (χ3n) is 6.24. The number of aliphatic imine (C=N–C) groups is 1. The van der Waals surface area contributed by atoms with Gasteiger partial charge in [-0.1, -0.05) is 19.3 Å². The Morgan fingerprint density at radius 1 is 1.27 bits per heavy atom. The van der Waals surface area contributed by atoms with Gasteiger partial charge in [0.15, 0.2) is 5.96 Å². The van der Waals surface area contributed by atoms with Crippen LogP contribution in [-0.4, -0.2) is 61.6 Å². The Morgan fingerprint density at radius 2 is 2.00 bits per heavy atom. The summed E-state index contributed by atoms with van der Waals surface area (Å²) in [7, 11) is 4.20. The molecule has 1 N–H and O–H groups in total. The van der Waals surface area contributed by atoms with Gasteiger partial charge in [-0.15, -0.1) is 0 Å². The van der Waals surface area contributed by atoms with Crippen LogP contribution in [0.3, 0.4) is 0 Å². The quantitative estimate of drug-likeness (QED) is 0.640. The highest BCUT2D eigenvalue weighted by molar-refractivity contribution is 5.80. The second-order valence-electron chi connectivity index (χ2n) is 7.91. The Hall–Kier alpha value is -0.770. The van der Waals surface area contributed by atoms with Crippen molar-refractivity contribution in [1.82, 2.24) is 15.1 Å². The van der Waals surface area contributed by atoms with Crippen LogP contribution in [0.4, 0.5) is 0 Å². The fourth-order valence-corrected chi connectivity index (χ4v) is 4.38. The molecule has 1 saturated heterocycles. The predicted molar refractivity (Wildman–Crippen MR) is 93.3 cm³/mol. The molecule has 0 aromatic rings. The van der Waals surface area contributed by atoms with E-state index in [2.05, 4.69) is 34.1 Å². The van der Waals surface area contributed by atoms with Gasteiger partial charge in [0.05, 0.1) is 0 Å². The Labute approximate surface area is 136 Å². The number of hydrogen-bond acceptors (Lipinski definition) is 2. The monoisotopic (exact) mass is 306 g/mol. The van der Waals surface area contributed by atoms with E-state index in [0.717, 1.165) is 18.5 Å². The van der Waals surface area contributed by atoms with Crippen molar-refractivity contribution >= 4 is 5.96 Å². The lowest BCUT2D eigenvalue weighted by Crippen LogP contribution is -2.47. The van der Waals surface area contributed by atoms with Crippen LogP contribution in [0.15, 0.2) is 4.99 Å². The van der Waals surface area contributed by atoms with Crippen LogP contribution in [0.2, 0.25) is 0 Å². The molecule has 4 nitrogen and oxygen atoms in total. The summed E-state index contributed by atoms with van der Waals surface area (Å²) in [6, 6.07) is 1.41. The number of guanidine groups is 1. The van der Waals surface area contributed by atoms with Crippen molar-refractivity contribution in [2.24, 2.45) is 10.4 Å². The van der Waals surface area contributed by atoms with E-state index in [1.165, 1.54) is 64.5 Å². The molecule has 1 atom stereocenters. The number of rotatable bonds is 4. The van der Waals surface area contributed by atoms with Gasteiger partial charge >= 0.3 is 0 Å². The highest BCUT2D eigenvalue weighted by atomic mass is 15.3. The Kier molecular flexibility index (Phi) is 4.96. The fraction of sp³-hybridized carbons (Fsp3) is 0.944. The number of hydrogen-bond donors (Lipinski definition) is 1. The molecule has 4 heteroatoms. The number of likely N-dealkylation sites (N-methyl/N-ethyl adjacent to an activating group) is 1. The van der Waals surface area contributed by atoms with Gasteiger partial charge in [0.2, 0.25) is 0 Å². The minimum Gasteiger partial charge on any atom is -0.355 e. The average Bonchev–Trinajstić information content (AvgIpc) is 3.31. The van der Waals surface area contributed by atoms with Crippen LogP contribution < -0.4 is 5.32 Å². The van der Waals surface area contributed by atoms with E-state index in [1.807, 2.05) is 7.05 Å². The lowest BCUT2D eigenvalue weighted by molar-refractivity contribution is 0.202. The van der Waals surface area contributed by atoms with Crippen LogP contribution >= 0.6 is 0 Å². The van der Waals surface area contributed by atoms with Crippen molar-refractivity contribution in [3.05, 3.63) is 0 Å². The zero-order valence-electron chi connectivity index (χ0n) is 14.8. The molecule has 0 radical (unpaired) electrons. The first-order chi connectivity index (χ1) is 10.6. The summed E-state index contributed by atoms with van der Waals surface area (Å²) in [6.07, 6.45) is 11.3. The van der Waals surface area contributed by atoms with Gasteiger partial charge < -0.3 is 10.2 Å². The first-order valence-corrected chi connectivity index (χ1v) is 9.31. The lowest BCUT2D eigenvalue weighted by atomic mass is 9.73. The average molecular weight is 306 g/mol. The second kappa shape index (κ2) is 6.77. The van der Waals surface area contributed by atoms with Gasteiger partial charge in [0.1, 0.15) is 0 Å². The molecule has 0 amide bonds. The largest absolute Gasteiger partial charge is 0.355 e. The minimum absolute atomic E-state index is 0.579. The van der Waals surface area contributed by atoms with Crippen molar-refractivity contribution in [2.75, 3.05) is 33.7 Å². The smallest absolute Gasteiger partial charge is 0.193 e. The Balaban J connectivity index is 1.49. The molecule has 0 bridgehead atoms. The van der Waals surface area contributed by atoms with Crippen LogP contribution in [0.5, 0.6) is 0 Å². The van der Waals surface area contributed by atoms with E-state index in [0.29, 0.717) is 11.5 Å². The number of nitrogens with one attached hydrogen (secondary N) is 1. The van der Waals surface area contributed by atoms with Gasteiger partial charge in [-0.3, -0.25) is 9.89 Å². The van der Waals surface area contributed by atoms with Gasteiger partial charge in [-0.2, -0.15) is 0 Å². The molecule has 126 valence electrons. The zero-order valence-corrected chi connectivity index (χ0v) is 14.8. The molecule has 1 heterocycles. The molecule has 1 spiro atoms. The predicted octanol–water partition coefficient (Wildman–Crippen LogP) is 2.70. The van der Waals surface area contributed by atoms with E-state index in [-0.39, 0.29) is 0 Å². The van der Waals surface area contributed by atoms with Crippen LogP contribution in [0.25, 0.3) is 0 Å². The maximum Gasteiger partial charge on any atom is 0.193 e. The number of likely N-dealkylation sites (tertiary alicyclic amines) is 1. The lowest BCUT2D eigenvalue weighted by Gasteiger charge is -2.34. The standard InChI is InChI=1S/C18H34N4/c1-15(21(3)16-7-8-16)13-20-17(19-2)22-12-11-18(14-22)9-5-4-6-10-18/h15-16H,4-14H2,1-3H3,(H,19,20). The molecule has 0 aromatic carbocycles. The molecule has 3 fully saturated rings. The maximum absolute atomic E-state index is 4.55. The number of nitrogens with zero attached hydrogens (tertiary/aromatic N) is 3. The summed E-state index contributed by atoms with van der Waals surface area (Å²) < 4.78 is 0. The maximum atomic E-state index is 4.55. The minimum atomic E-state index is 0.579. The topological polar surface area (TPSA) is 30.9 Å². The van der Waals surface area contributed by atoms with E-state index in [9.17, 15) is 0 Å². The SMILES string of the molecule is CN=C(NCC(C)N(C)C1CC1)N1CCC2(CCCCC2)C1. The summed E-state index contributed by atoms with van der Waals surface area (Å²) in [5, 5.41) is 3.63. The van der Waals surface area contributed by atoms with Gasteiger partial charge in [0.25, 0.3) is 0 Å². The molecule has 2 aliphatic carbocycles. The summed E-state index contributed by atoms with van der Waals surface area (Å²) >= 11 is 0. The summed E-state index contributed by atoms with van der Waals surface area (Å²) in [6.45, 7) is 5.74. The summed E-state index contributed by atoms with van der Waals surface area (Å²) in [5.74, 6) is 1.12. The fourth-order valence-electron chi connectivity index (χ4n) is 4.38. The van der Waals surface area contributed by atoms with Crippen molar-refractivity contribution < 1.29 is 0 Å². The molecule has 22 heavy (non-hydrogen) atoms. The van der Waals surface area contributed by atoms with Crippen LogP contribution in [0, 0.1) is 5.41 Å². The third kappa shape index (κ3) is 3.58. The van der Waals surface area contributed by atoms with E-state index < -0.39 is 0 Å². The highest BCUT2D eigenvalue weighted by Gasteiger charge is 2.39. The summed E-state index contributed by atoms with van der Waals surface area (Å²) in [5.41, 5.74) is 0.603. The van der Waals surface area contributed by atoms with Crippen molar-refractivity contribution in [2.45, 2.75) is 70.4 Å². The molecular formula is C18H34N4. The van der Waals surface area contributed by atoms with Gasteiger partial charge in [0, 0.05) is 38.8 Å². The van der Waals surface area contributed by atoms with Gasteiger partial charge in [-0.25, -0.2) is 0 Å². The van der Waals surface area contributed by atoms with E-state index in [4.69, 9.17) is 0 Å². The zero-order chi connectivity index (χ0) is 15.6. The Bertz CT molecular complexity index is 396. The molecular weight excluding hydrogens is 272 g/mol. The first-order valence-electron chi connectivity index (χ1n) is 9.31. The molecule has 1 aliphatic heterocycles. The van der Waals surface area contributed by atoms with Crippen molar-refractivity contribution in [3.8, 4) is 0 Å². The van der Waals surface area contributed by atoms with Gasteiger partial charge in [-0.05, 0) is 51.5 Å². The third-order valence-corrected chi connectivity index (χ3v) is 6.24. The van der Waals surface area contributed by atoms with E-state index >= 15 is 0 Å². The van der Waals surface area contributed by atoms with Crippen LogP contribution in [0.1, 0.15) is 58.3 Å². The molecule has 1 unspecified atom stereocenters. The Morgan fingerprint density at radius 3 is 2.64 bits per heavy atom. The first kappa shape index (κ1) is 16.1. The highest BCUT2D eigenvalue weighted by Crippen LogP contribution is 2.43. The second-order valence-corrected chi connectivity index (χ2v) is 7.91. The van der Waals surface area contributed by atoms with E-state index in [1.54, 1.807) is 0 Å². The molecule has 2 saturated carbocycles. The molecule has 3 aliphatic rings. The summed E-state index contributed by atoms with van der Waals surface area (Å²) in [4.78, 5) is 9.58. The molecule has 0 aromatic heterocycles.